The molecule has 1 aromatic rings. The minimum absolute atomic E-state index is 0.0171. The van der Waals surface area contributed by atoms with Gasteiger partial charge in [-0.05, 0) is 32.4 Å². The average Bonchev–Trinajstić information content (AvgIpc) is 2.27. The van der Waals surface area contributed by atoms with Gasteiger partial charge in [0.2, 0.25) is 0 Å². The van der Waals surface area contributed by atoms with E-state index >= 15 is 0 Å². The van der Waals surface area contributed by atoms with E-state index in [2.05, 4.69) is 9.98 Å². The Hall–Kier alpha value is -1.68. The molecule has 1 N–H and O–H groups in total. The largest absolute Gasteiger partial charge is 0.478 e. The number of hydrogen-bond donors (Lipinski definition) is 1. The van der Waals surface area contributed by atoms with Crippen molar-refractivity contribution in [3.63, 3.8) is 0 Å². The number of nitrogens with zero attached hydrogens (tertiary/aromatic N) is 2. The van der Waals surface area contributed by atoms with Gasteiger partial charge in [0.25, 0.3) is 0 Å². The van der Waals surface area contributed by atoms with E-state index in [0.29, 0.717) is 5.71 Å². The lowest BCUT2D eigenvalue weighted by molar-refractivity contribution is -0.132. The van der Waals surface area contributed by atoms with Crippen LogP contribution < -0.4 is 0 Å². The molecule has 0 bridgehead atoms. The van der Waals surface area contributed by atoms with Crippen molar-refractivity contribution in [2.24, 2.45) is 4.99 Å². The first-order valence-corrected chi connectivity index (χ1v) is 5.36. The third-order valence-electron chi connectivity index (χ3n) is 2.19. The van der Waals surface area contributed by atoms with Crippen LogP contribution >= 0.6 is 11.6 Å². The van der Waals surface area contributed by atoms with E-state index in [1.807, 2.05) is 13.0 Å². The molecule has 4 nitrogen and oxygen atoms in total. The number of carbonyl (C=O) groups is 1. The number of aliphatic imine (C=N–C) groups is 1. The van der Waals surface area contributed by atoms with Gasteiger partial charge in [0, 0.05) is 23.7 Å². The molecule has 0 atom stereocenters. The van der Waals surface area contributed by atoms with Crippen LogP contribution in [0.2, 0.25) is 0 Å². The summed E-state index contributed by atoms with van der Waals surface area (Å²) in [5, 5.41) is 8.74. The molecule has 90 valence electrons. The molecule has 0 aliphatic carbocycles. The standard InChI is InChI=1S/C12H13ClN2O2/c1-7-4-10(6-14-5-7)9(3)15-11(13)8(2)12(16)17/h4-6H,1-3H3,(H,16,17)/b11-8+,15-9+. The molecule has 17 heavy (non-hydrogen) atoms. The number of hydrogen-bond acceptors (Lipinski definition) is 3. The zero-order valence-corrected chi connectivity index (χ0v) is 10.6. The maximum absolute atomic E-state index is 10.7. The van der Waals surface area contributed by atoms with Gasteiger partial charge < -0.3 is 5.11 Å². The second kappa shape index (κ2) is 5.59. The summed E-state index contributed by atoms with van der Waals surface area (Å²) in [5.41, 5.74) is 2.48. The summed E-state index contributed by atoms with van der Waals surface area (Å²) in [5.74, 6) is -1.08. The van der Waals surface area contributed by atoms with Gasteiger partial charge in [-0.25, -0.2) is 9.79 Å². The van der Waals surface area contributed by atoms with Crippen molar-refractivity contribution in [1.82, 2.24) is 4.98 Å². The number of pyridine rings is 1. The van der Waals surface area contributed by atoms with E-state index in [1.54, 1.807) is 19.3 Å². The fraction of sp³-hybridized carbons (Fsp3) is 0.250. The van der Waals surface area contributed by atoms with Crippen molar-refractivity contribution >= 4 is 23.3 Å². The first-order valence-electron chi connectivity index (χ1n) is 4.99. The lowest BCUT2D eigenvalue weighted by Crippen LogP contribution is -2.00. The quantitative estimate of drug-likeness (QED) is 0.511. The van der Waals surface area contributed by atoms with Gasteiger partial charge in [-0.3, -0.25) is 4.98 Å². The maximum atomic E-state index is 10.7. The second-order valence-corrected chi connectivity index (χ2v) is 4.03. The van der Waals surface area contributed by atoms with Crippen LogP contribution in [0.15, 0.2) is 34.2 Å². The van der Waals surface area contributed by atoms with Gasteiger partial charge in [0.05, 0.1) is 5.57 Å². The minimum Gasteiger partial charge on any atom is -0.478 e. The summed E-state index contributed by atoms with van der Waals surface area (Å²) in [6.07, 6.45) is 3.39. The highest BCUT2D eigenvalue weighted by Gasteiger charge is 2.07. The number of aliphatic carboxylic acids is 1. The highest BCUT2D eigenvalue weighted by molar-refractivity contribution is 6.32. The number of rotatable bonds is 3. The van der Waals surface area contributed by atoms with Crippen LogP contribution in [-0.2, 0) is 4.79 Å². The summed E-state index contributed by atoms with van der Waals surface area (Å²) in [6.45, 7) is 5.09. The number of halogens is 1. The van der Waals surface area contributed by atoms with E-state index in [0.717, 1.165) is 11.1 Å². The molecule has 0 radical (unpaired) electrons. The Morgan fingerprint density at radius 1 is 1.41 bits per heavy atom. The van der Waals surface area contributed by atoms with Gasteiger partial charge in [-0.2, -0.15) is 0 Å². The van der Waals surface area contributed by atoms with Gasteiger partial charge >= 0.3 is 5.97 Å². The number of aryl methyl sites for hydroxylation is 1. The van der Waals surface area contributed by atoms with Crippen LogP contribution in [0.5, 0.6) is 0 Å². The molecular weight excluding hydrogens is 240 g/mol. The monoisotopic (exact) mass is 252 g/mol. The topological polar surface area (TPSA) is 62.5 Å². The van der Waals surface area contributed by atoms with Crippen molar-refractivity contribution < 1.29 is 9.90 Å². The van der Waals surface area contributed by atoms with Crippen LogP contribution in [0.4, 0.5) is 0 Å². The average molecular weight is 253 g/mol. The molecule has 1 aromatic heterocycles. The molecule has 0 unspecified atom stereocenters. The third kappa shape index (κ3) is 3.67. The molecule has 1 rings (SSSR count). The van der Waals surface area contributed by atoms with Crippen molar-refractivity contribution in [1.29, 1.82) is 0 Å². The molecule has 0 spiro atoms. The molecule has 0 amide bonds. The van der Waals surface area contributed by atoms with Gasteiger partial charge in [-0.1, -0.05) is 11.6 Å². The number of carboxylic acid groups (broad SMARTS) is 1. The third-order valence-corrected chi connectivity index (χ3v) is 2.56. The van der Waals surface area contributed by atoms with Gasteiger partial charge in [0.15, 0.2) is 0 Å². The van der Waals surface area contributed by atoms with E-state index in [-0.39, 0.29) is 10.7 Å². The highest BCUT2D eigenvalue weighted by atomic mass is 35.5. The minimum atomic E-state index is -1.08. The second-order valence-electron chi connectivity index (χ2n) is 3.67. The number of aromatic nitrogens is 1. The van der Waals surface area contributed by atoms with Crippen LogP contribution in [0.3, 0.4) is 0 Å². The zero-order valence-electron chi connectivity index (χ0n) is 9.86. The summed E-state index contributed by atoms with van der Waals surface area (Å²) < 4.78 is 0. The lowest BCUT2D eigenvalue weighted by Gasteiger charge is -2.02. The molecule has 1 heterocycles. The Balaban J connectivity index is 3.09. The Morgan fingerprint density at radius 3 is 2.59 bits per heavy atom. The molecule has 0 saturated carbocycles. The van der Waals surface area contributed by atoms with Crippen LogP contribution in [0.25, 0.3) is 0 Å². The maximum Gasteiger partial charge on any atom is 0.334 e. The van der Waals surface area contributed by atoms with Gasteiger partial charge in [-0.15, -0.1) is 0 Å². The predicted molar refractivity (Wildman–Crippen MR) is 67.4 cm³/mol. The molecule has 0 fully saturated rings. The van der Waals surface area contributed by atoms with Crippen LogP contribution in [0, 0.1) is 6.92 Å². The summed E-state index contributed by atoms with van der Waals surface area (Å²) in [4.78, 5) is 18.8. The summed E-state index contributed by atoms with van der Waals surface area (Å²) in [6, 6.07) is 1.91. The van der Waals surface area contributed by atoms with Crippen molar-refractivity contribution in [3.8, 4) is 0 Å². The van der Waals surface area contributed by atoms with Gasteiger partial charge in [0.1, 0.15) is 5.16 Å². The summed E-state index contributed by atoms with van der Waals surface area (Å²) in [7, 11) is 0. The Bertz CT molecular complexity index is 507. The fourth-order valence-corrected chi connectivity index (χ4v) is 1.34. The van der Waals surface area contributed by atoms with Crippen molar-refractivity contribution in [3.05, 3.63) is 40.3 Å². The molecule has 0 aliphatic rings. The summed E-state index contributed by atoms with van der Waals surface area (Å²) >= 11 is 5.80. The van der Waals surface area contributed by atoms with Crippen LogP contribution in [0.1, 0.15) is 25.0 Å². The molecule has 0 aromatic carbocycles. The Kier molecular flexibility index (Phi) is 4.40. The smallest absolute Gasteiger partial charge is 0.334 e. The molecule has 5 heteroatoms. The van der Waals surface area contributed by atoms with Crippen molar-refractivity contribution in [2.45, 2.75) is 20.8 Å². The predicted octanol–water partition coefficient (Wildman–Crippen LogP) is 2.75. The molecule has 0 saturated heterocycles. The molecular formula is C12H13ClN2O2. The van der Waals surface area contributed by atoms with Crippen molar-refractivity contribution in [2.75, 3.05) is 0 Å². The Labute approximate surface area is 105 Å². The first-order chi connectivity index (χ1) is 7.91. The lowest BCUT2D eigenvalue weighted by atomic mass is 10.1. The fourth-order valence-electron chi connectivity index (χ4n) is 1.14. The number of carboxylic acids is 1. The Morgan fingerprint density at radius 2 is 2.06 bits per heavy atom. The molecule has 0 aliphatic heterocycles. The van der Waals surface area contributed by atoms with Crippen LogP contribution in [-0.4, -0.2) is 21.8 Å². The first kappa shape index (κ1) is 13.4. The zero-order chi connectivity index (χ0) is 13.0. The normalized spacial score (nSPS) is 13.3. The highest BCUT2D eigenvalue weighted by Crippen LogP contribution is 2.13. The SMILES string of the molecule is C/C(C(=O)O)=C(Cl)\N=C(/C)c1cncc(C)c1. The van der Waals surface area contributed by atoms with E-state index in [9.17, 15) is 4.79 Å². The van der Waals surface area contributed by atoms with E-state index in [1.165, 1.54) is 6.92 Å². The van der Waals surface area contributed by atoms with E-state index < -0.39 is 5.97 Å². The van der Waals surface area contributed by atoms with E-state index in [4.69, 9.17) is 16.7 Å².